The Morgan fingerprint density at radius 2 is 2.05 bits per heavy atom. The second kappa shape index (κ2) is 5.74. The van der Waals surface area contributed by atoms with E-state index in [-0.39, 0.29) is 5.41 Å². The quantitative estimate of drug-likeness (QED) is 0.866. The molecule has 22 heavy (non-hydrogen) atoms. The van der Waals surface area contributed by atoms with Crippen LogP contribution in [0.1, 0.15) is 46.1 Å². The van der Waals surface area contributed by atoms with Gasteiger partial charge in [0.2, 0.25) is 0 Å². The molecule has 1 aromatic carbocycles. The standard InChI is InChI=1S/C17H25ClN2O2/c1-16(2,3)22-15(21)20-13-7-6-10(18)8-11(13)14-12(9-19)17(14,4)5/h6-8,12,14H,9,19H2,1-5H3,(H,20,21). The minimum absolute atomic E-state index is 0.115. The number of carbonyl (C=O) groups excluding carboxylic acids is 1. The lowest BCUT2D eigenvalue weighted by Gasteiger charge is -2.21. The summed E-state index contributed by atoms with van der Waals surface area (Å²) in [5, 5.41) is 3.49. The summed E-state index contributed by atoms with van der Waals surface area (Å²) in [5.74, 6) is 0.686. The predicted molar refractivity (Wildman–Crippen MR) is 90.4 cm³/mol. The Hall–Kier alpha value is -1.26. The van der Waals surface area contributed by atoms with Crippen molar-refractivity contribution in [2.24, 2.45) is 17.1 Å². The second-order valence-electron chi connectivity index (χ2n) is 7.50. The van der Waals surface area contributed by atoms with Gasteiger partial charge in [-0.2, -0.15) is 0 Å². The van der Waals surface area contributed by atoms with E-state index in [0.29, 0.717) is 23.4 Å². The van der Waals surface area contributed by atoms with Gasteiger partial charge in [0.1, 0.15) is 5.60 Å². The molecular weight excluding hydrogens is 300 g/mol. The molecule has 3 N–H and O–H groups in total. The Labute approximate surface area is 137 Å². The maximum atomic E-state index is 12.0. The van der Waals surface area contributed by atoms with Gasteiger partial charge in [0, 0.05) is 10.7 Å². The second-order valence-corrected chi connectivity index (χ2v) is 7.94. The summed E-state index contributed by atoms with van der Waals surface area (Å²) in [5.41, 5.74) is 7.22. The molecule has 0 spiro atoms. The number of benzene rings is 1. The smallest absolute Gasteiger partial charge is 0.412 e. The first kappa shape index (κ1) is 17.1. The molecule has 1 saturated carbocycles. The Morgan fingerprint density at radius 1 is 1.41 bits per heavy atom. The fourth-order valence-corrected chi connectivity index (χ4v) is 3.30. The van der Waals surface area contributed by atoms with Crippen molar-refractivity contribution in [2.75, 3.05) is 11.9 Å². The summed E-state index contributed by atoms with van der Waals surface area (Å²) in [7, 11) is 0. The monoisotopic (exact) mass is 324 g/mol. The average Bonchev–Trinajstić information content (AvgIpc) is 2.90. The van der Waals surface area contributed by atoms with E-state index in [1.54, 1.807) is 6.07 Å². The van der Waals surface area contributed by atoms with Gasteiger partial charge in [0.05, 0.1) is 0 Å². The lowest BCUT2D eigenvalue weighted by atomic mass is 10.0. The van der Waals surface area contributed by atoms with Gasteiger partial charge in [0.25, 0.3) is 0 Å². The molecule has 4 nitrogen and oxygen atoms in total. The van der Waals surface area contributed by atoms with Crippen LogP contribution in [0.25, 0.3) is 0 Å². The summed E-state index contributed by atoms with van der Waals surface area (Å²) < 4.78 is 5.32. The van der Waals surface area contributed by atoms with Crippen LogP contribution in [0.4, 0.5) is 10.5 Å². The topological polar surface area (TPSA) is 64.3 Å². The Balaban J connectivity index is 2.25. The Bertz CT molecular complexity index is 579. The van der Waals surface area contributed by atoms with Gasteiger partial charge in [-0.25, -0.2) is 4.79 Å². The van der Waals surface area contributed by atoms with E-state index >= 15 is 0 Å². The van der Waals surface area contributed by atoms with E-state index in [1.165, 1.54) is 0 Å². The minimum Gasteiger partial charge on any atom is -0.444 e. The number of carbonyl (C=O) groups is 1. The molecule has 1 amide bonds. The highest BCUT2D eigenvalue weighted by Crippen LogP contribution is 2.65. The van der Waals surface area contributed by atoms with E-state index in [4.69, 9.17) is 22.1 Å². The molecule has 0 radical (unpaired) electrons. The highest BCUT2D eigenvalue weighted by Gasteiger charge is 2.57. The number of amides is 1. The number of hydrogen-bond donors (Lipinski definition) is 2. The number of nitrogens with two attached hydrogens (primary N) is 1. The first-order valence-electron chi connectivity index (χ1n) is 7.56. The third kappa shape index (κ3) is 3.55. The van der Waals surface area contributed by atoms with E-state index in [9.17, 15) is 4.79 Å². The average molecular weight is 325 g/mol. The number of nitrogens with one attached hydrogen (secondary N) is 1. The minimum atomic E-state index is -0.532. The van der Waals surface area contributed by atoms with Gasteiger partial charge < -0.3 is 10.5 Å². The fraction of sp³-hybridized carbons (Fsp3) is 0.588. The molecule has 122 valence electrons. The van der Waals surface area contributed by atoms with E-state index in [0.717, 1.165) is 11.3 Å². The number of halogens is 1. The number of anilines is 1. The third-order valence-corrected chi connectivity index (χ3v) is 4.52. The molecule has 0 heterocycles. The highest BCUT2D eigenvalue weighted by molar-refractivity contribution is 6.30. The molecular formula is C17H25ClN2O2. The van der Waals surface area contributed by atoms with Crippen LogP contribution < -0.4 is 11.1 Å². The van der Waals surface area contributed by atoms with Crippen molar-refractivity contribution in [2.45, 2.75) is 46.1 Å². The van der Waals surface area contributed by atoms with Gasteiger partial charge in [-0.1, -0.05) is 25.4 Å². The predicted octanol–water partition coefficient (Wildman–Crippen LogP) is 4.39. The molecule has 0 aromatic heterocycles. The molecule has 2 unspecified atom stereocenters. The summed E-state index contributed by atoms with van der Waals surface area (Å²) in [6.07, 6.45) is -0.459. The van der Waals surface area contributed by atoms with Crippen molar-refractivity contribution in [3.8, 4) is 0 Å². The van der Waals surface area contributed by atoms with Crippen LogP contribution in [0.2, 0.25) is 5.02 Å². The van der Waals surface area contributed by atoms with Crippen molar-refractivity contribution in [1.82, 2.24) is 0 Å². The molecule has 0 bridgehead atoms. The molecule has 1 aliphatic carbocycles. The zero-order valence-electron chi connectivity index (χ0n) is 13.9. The highest BCUT2D eigenvalue weighted by atomic mass is 35.5. The largest absolute Gasteiger partial charge is 0.444 e. The molecule has 5 heteroatoms. The molecule has 2 atom stereocenters. The summed E-state index contributed by atoms with van der Waals surface area (Å²) >= 11 is 6.14. The zero-order valence-corrected chi connectivity index (χ0v) is 14.6. The SMILES string of the molecule is CC(C)(C)OC(=O)Nc1ccc(Cl)cc1C1C(CN)C1(C)C. The van der Waals surface area contributed by atoms with E-state index in [2.05, 4.69) is 19.2 Å². The number of ether oxygens (including phenoxy) is 1. The normalized spacial score (nSPS) is 23.0. The Morgan fingerprint density at radius 3 is 2.55 bits per heavy atom. The lowest BCUT2D eigenvalue weighted by Crippen LogP contribution is -2.27. The van der Waals surface area contributed by atoms with Crippen LogP contribution in [0.15, 0.2) is 18.2 Å². The third-order valence-electron chi connectivity index (χ3n) is 4.29. The van der Waals surface area contributed by atoms with Crippen LogP contribution in [0, 0.1) is 11.3 Å². The first-order valence-corrected chi connectivity index (χ1v) is 7.93. The van der Waals surface area contributed by atoms with Gasteiger partial charge in [-0.15, -0.1) is 0 Å². The molecule has 0 aliphatic heterocycles. The molecule has 2 rings (SSSR count). The molecule has 1 aliphatic rings. The Kier molecular flexibility index (Phi) is 4.46. The van der Waals surface area contributed by atoms with Gasteiger partial charge in [-0.3, -0.25) is 5.32 Å². The molecule has 1 aromatic rings. The van der Waals surface area contributed by atoms with Gasteiger partial charge >= 0.3 is 6.09 Å². The molecule has 0 saturated heterocycles. The number of hydrogen-bond acceptors (Lipinski definition) is 3. The van der Waals surface area contributed by atoms with Crippen LogP contribution in [0.5, 0.6) is 0 Å². The maximum absolute atomic E-state index is 12.0. The van der Waals surface area contributed by atoms with Crippen molar-refractivity contribution < 1.29 is 9.53 Å². The van der Waals surface area contributed by atoms with E-state index in [1.807, 2.05) is 32.9 Å². The van der Waals surface area contributed by atoms with Crippen LogP contribution in [-0.2, 0) is 4.74 Å². The zero-order chi connectivity index (χ0) is 16.7. The van der Waals surface area contributed by atoms with Crippen LogP contribution >= 0.6 is 11.6 Å². The van der Waals surface area contributed by atoms with Crippen molar-refractivity contribution in [3.63, 3.8) is 0 Å². The lowest BCUT2D eigenvalue weighted by molar-refractivity contribution is 0.0635. The number of rotatable bonds is 3. The fourth-order valence-electron chi connectivity index (χ4n) is 3.12. The van der Waals surface area contributed by atoms with Crippen molar-refractivity contribution in [1.29, 1.82) is 0 Å². The summed E-state index contributed by atoms with van der Waals surface area (Å²) in [4.78, 5) is 12.0. The van der Waals surface area contributed by atoms with Crippen LogP contribution in [0.3, 0.4) is 0 Å². The maximum Gasteiger partial charge on any atom is 0.412 e. The summed E-state index contributed by atoms with van der Waals surface area (Å²) in [6, 6.07) is 5.50. The van der Waals surface area contributed by atoms with Crippen LogP contribution in [-0.4, -0.2) is 18.2 Å². The molecule has 1 fully saturated rings. The van der Waals surface area contributed by atoms with Gasteiger partial charge in [-0.05, 0) is 68.3 Å². The first-order chi connectivity index (χ1) is 10.1. The van der Waals surface area contributed by atoms with Crippen molar-refractivity contribution >= 4 is 23.4 Å². The van der Waals surface area contributed by atoms with E-state index < -0.39 is 11.7 Å². The summed E-state index contributed by atoms with van der Waals surface area (Å²) in [6.45, 7) is 10.5. The van der Waals surface area contributed by atoms with Gasteiger partial charge in [0.15, 0.2) is 0 Å². The van der Waals surface area contributed by atoms with Crippen molar-refractivity contribution in [3.05, 3.63) is 28.8 Å².